The number of morpholine rings is 1. The highest BCUT2D eigenvalue weighted by Gasteiger charge is 2.19. The molecule has 7 nitrogen and oxygen atoms in total. The monoisotopic (exact) mass is 375 g/mol. The summed E-state index contributed by atoms with van der Waals surface area (Å²) in [5.74, 6) is 2.31. The lowest BCUT2D eigenvalue weighted by atomic mass is 10.2. The summed E-state index contributed by atoms with van der Waals surface area (Å²) in [7, 11) is 1.95. The largest absolute Gasteiger partial charge is 0.440 e. The highest BCUT2D eigenvalue weighted by Crippen LogP contribution is 2.26. The molecular weight excluding hydrogens is 357 g/mol. The molecule has 4 rings (SSSR count). The van der Waals surface area contributed by atoms with Crippen LogP contribution in [-0.4, -0.2) is 46.1 Å². The van der Waals surface area contributed by atoms with Crippen LogP contribution in [0, 0.1) is 5.82 Å². The first-order valence-electron chi connectivity index (χ1n) is 8.26. The van der Waals surface area contributed by atoms with E-state index in [0.29, 0.717) is 30.6 Å². The molecule has 1 aliphatic rings. The van der Waals surface area contributed by atoms with E-state index >= 15 is 0 Å². The molecule has 1 saturated heterocycles. The van der Waals surface area contributed by atoms with E-state index in [1.54, 1.807) is 18.3 Å². The van der Waals surface area contributed by atoms with Crippen molar-refractivity contribution in [3.63, 3.8) is 0 Å². The number of oxazole rings is 1. The zero-order chi connectivity index (χ0) is 17.9. The van der Waals surface area contributed by atoms with E-state index in [-0.39, 0.29) is 5.82 Å². The van der Waals surface area contributed by atoms with Crippen molar-refractivity contribution in [3.05, 3.63) is 42.2 Å². The second-order valence-electron chi connectivity index (χ2n) is 5.85. The Balaban J connectivity index is 1.41. The number of halogens is 1. The summed E-state index contributed by atoms with van der Waals surface area (Å²) in [6.45, 7) is 3.05. The summed E-state index contributed by atoms with van der Waals surface area (Å²) in [4.78, 5) is 6.46. The smallest absolute Gasteiger partial charge is 0.227 e. The number of nitrogens with zero attached hydrogens (tertiary/aromatic N) is 5. The van der Waals surface area contributed by atoms with Crippen LogP contribution in [0.5, 0.6) is 0 Å². The molecule has 0 atom stereocenters. The molecule has 0 saturated carbocycles. The van der Waals surface area contributed by atoms with Crippen molar-refractivity contribution in [2.24, 2.45) is 7.05 Å². The third-order valence-corrected chi connectivity index (χ3v) is 5.12. The quantitative estimate of drug-likeness (QED) is 0.635. The summed E-state index contributed by atoms with van der Waals surface area (Å²) in [5.41, 5.74) is 0.795. The molecule has 3 heterocycles. The average molecular weight is 375 g/mol. The van der Waals surface area contributed by atoms with E-state index in [2.05, 4.69) is 20.1 Å². The summed E-state index contributed by atoms with van der Waals surface area (Å²) >= 11 is 1.51. The lowest BCUT2D eigenvalue weighted by Gasteiger charge is -2.27. The first-order valence-corrected chi connectivity index (χ1v) is 9.25. The number of rotatable bonds is 5. The van der Waals surface area contributed by atoms with Crippen LogP contribution in [0.4, 0.5) is 10.3 Å². The molecule has 0 amide bonds. The molecule has 0 bridgehead atoms. The van der Waals surface area contributed by atoms with Crippen LogP contribution < -0.4 is 4.90 Å². The first kappa shape index (κ1) is 17.0. The highest BCUT2D eigenvalue weighted by molar-refractivity contribution is 7.98. The van der Waals surface area contributed by atoms with Gasteiger partial charge in [-0.1, -0.05) is 11.8 Å². The summed E-state index contributed by atoms with van der Waals surface area (Å²) in [6, 6.07) is 6.14. The molecule has 3 aromatic rings. The molecule has 2 aromatic heterocycles. The molecule has 0 spiro atoms. The fourth-order valence-electron chi connectivity index (χ4n) is 2.72. The predicted octanol–water partition coefficient (Wildman–Crippen LogP) is 2.74. The van der Waals surface area contributed by atoms with Gasteiger partial charge in [0.1, 0.15) is 5.82 Å². The molecule has 26 heavy (non-hydrogen) atoms. The van der Waals surface area contributed by atoms with E-state index < -0.39 is 0 Å². The predicted molar refractivity (Wildman–Crippen MR) is 95.5 cm³/mol. The topological polar surface area (TPSA) is 69.2 Å². The van der Waals surface area contributed by atoms with Crippen LogP contribution in [0.3, 0.4) is 0 Å². The minimum atomic E-state index is -0.276. The van der Waals surface area contributed by atoms with Gasteiger partial charge < -0.3 is 14.1 Å². The van der Waals surface area contributed by atoms with Gasteiger partial charge in [-0.3, -0.25) is 4.57 Å². The molecule has 136 valence electrons. The van der Waals surface area contributed by atoms with Crippen LogP contribution in [0.2, 0.25) is 0 Å². The lowest BCUT2D eigenvalue weighted by Crippen LogP contribution is -2.37. The van der Waals surface area contributed by atoms with Crippen LogP contribution in [0.15, 0.2) is 40.0 Å². The minimum Gasteiger partial charge on any atom is -0.440 e. The van der Waals surface area contributed by atoms with Crippen molar-refractivity contribution >= 4 is 17.7 Å². The molecule has 0 unspecified atom stereocenters. The normalized spacial score (nSPS) is 14.8. The van der Waals surface area contributed by atoms with E-state index in [4.69, 9.17) is 9.15 Å². The van der Waals surface area contributed by atoms with E-state index in [9.17, 15) is 4.39 Å². The molecule has 1 aromatic carbocycles. The summed E-state index contributed by atoms with van der Waals surface area (Å²) < 4.78 is 26.1. The average Bonchev–Trinajstić information content (AvgIpc) is 3.28. The number of anilines is 1. The zero-order valence-corrected chi connectivity index (χ0v) is 15.1. The van der Waals surface area contributed by atoms with Crippen molar-refractivity contribution in [2.45, 2.75) is 10.9 Å². The molecule has 0 aliphatic carbocycles. The number of aromatic nitrogens is 4. The van der Waals surface area contributed by atoms with Gasteiger partial charge in [0.05, 0.1) is 25.2 Å². The van der Waals surface area contributed by atoms with Gasteiger partial charge >= 0.3 is 0 Å². The van der Waals surface area contributed by atoms with Crippen LogP contribution >= 0.6 is 11.8 Å². The fraction of sp³-hybridized carbons (Fsp3) is 0.353. The van der Waals surface area contributed by atoms with Crippen molar-refractivity contribution in [1.82, 2.24) is 19.7 Å². The number of hydrogen-bond acceptors (Lipinski definition) is 7. The number of benzene rings is 1. The summed E-state index contributed by atoms with van der Waals surface area (Å²) in [6.07, 6.45) is 1.65. The van der Waals surface area contributed by atoms with E-state index in [1.807, 2.05) is 11.6 Å². The maximum absolute atomic E-state index is 13.0. The fourth-order valence-corrected chi connectivity index (χ4v) is 3.48. The lowest BCUT2D eigenvalue weighted by molar-refractivity contribution is 0.121. The second-order valence-corrected chi connectivity index (χ2v) is 6.80. The maximum Gasteiger partial charge on any atom is 0.227 e. The van der Waals surface area contributed by atoms with Crippen molar-refractivity contribution in [1.29, 1.82) is 0 Å². The van der Waals surface area contributed by atoms with Gasteiger partial charge in [0.15, 0.2) is 10.9 Å². The maximum atomic E-state index is 13.0. The number of thioether (sulfide) groups is 1. The van der Waals surface area contributed by atoms with Crippen LogP contribution in [0.1, 0.15) is 5.89 Å². The van der Waals surface area contributed by atoms with Crippen molar-refractivity contribution in [2.75, 3.05) is 31.2 Å². The molecule has 0 radical (unpaired) electrons. The van der Waals surface area contributed by atoms with Gasteiger partial charge in [0.2, 0.25) is 11.8 Å². The minimum absolute atomic E-state index is 0.276. The Morgan fingerprint density at radius 3 is 2.69 bits per heavy atom. The molecular formula is C17H18FN5O2S. The zero-order valence-electron chi connectivity index (χ0n) is 14.3. The highest BCUT2D eigenvalue weighted by atomic mass is 32.2. The van der Waals surface area contributed by atoms with E-state index in [0.717, 1.165) is 29.8 Å². The van der Waals surface area contributed by atoms with Gasteiger partial charge in [-0.2, -0.15) is 0 Å². The van der Waals surface area contributed by atoms with Crippen LogP contribution in [0.25, 0.3) is 11.3 Å². The summed E-state index contributed by atoms with van der Waals surface area (Å²) in [5, 5.41) is 9.35. The Hall–Kier alpha value is -2.39. The second kappa shape index (κ2) is 7.46. The first-order chi connectivity index (χ1) is 12.7. The van der Waals surface area contributed by atoms with E-state index in [1.165, 1.54) is 23.9 Å². The Labute approximate surface area is 154 Å². The van der Waals surface area contributed by atoms with Gasteiger partial charge in [-0.25, -0.2) is 9.37 Å². The Morgan fingerprint density at radius 1 is 1.15 bits per heavy atom. The standard InChI is InChI=1S/C17H18FN5O2S/c1-22-16(23-6-8-24-9-7-23)20-21-17(22)26-11-15-19-10-14(25-15)12-2-4-13(18)5-3-12/h2-5,10H,6-9,11H2,1H3. The molecule has 9 heteroatoms. The number of ether oxygens (including phenoxy) is 1. The Kier molecular flexibility index (Phi) is 4.89. The van der Waals surface area contributed by atoms with Crippen LogP contribution in [-0.2, 0) is 17.5 Å². The molecule has 1 fully saturated rings. The van der Waals surface area contributed by atoms with Crippen molar-refractivity contribution < 1.29 is 13.5 Å². The molecule has 1 aliphatic heterocycles. The Bertz CT molecular complexity index is 874. The van der Waals surface area contributed by atoms with Gasteiger partial charge in [-0.15, -0.1) is 10.2 Å². The van der Waals surface area contributed by atoms with Gasteiger partial charge in [0, 0.05) is 25.7 Å². The SMILES string of the molecule is Cn1c(SCc2ncc(-c3ccc(F)cc3)o2)nnc1N1CCOCC1. The molecule has 0 N–H and O–H groups in total. The third kappa shape index (κ3) is 3.58. The van der Waals surface area contributed by atoms with Crippen molar-refractivity contribution in [3.8, 4) is 11.3 Å². The number of hydrogen-bond donors (Lipinski definition) is 0. The third-order valence-electron chi connectivity index (χ3n) is 4.11. The Morgan fingerprint density at radius 2 is 1.92 bits per heavy atom. The van der Waals surface area contributed by atoms with Gasteiger partial charge in [0.25, 0.3) is 0 Å². The van der Waals surface area contributed by atoms with Gasteiger partial charge in [-0.05, 0) is 24.3 Å².